The molecule has 2 aromatic carbocycles. The summed E-state index contributed by atoms with van der Waals surface area (Å²) in [6, 6.07) is 12.9. The lowest BCUT2D eigenvalue weighted by Gasteiger charge is -2.16. The lowest BCUT2D eigenvalue weighted by molar-refractivity contribution is -0.121. The normalized spacial score (nSPS) is 12.7. The highest BCUT2D eigenvalue weighted by Gasteiger charge is 2.25. The Morgan fingerprint density at radius 3 is 2.71 bits per heavy atom. The number of aromatic amines is 1. The number of esters is 1. The zero-order valence-electron chi connectivity index (χ0n) is 15.7. The summed E-state index contributed by atoms with van der Waals surface area (Å²) in [5, 5.41) is 0.753. The molecule has 0 bridgehead atoms. The topological polar surface area (TPSA) is 80.9 Å². The summed E-state index contributed by atoms with van der Waals surface area (Å²) in [5.74, 6) is 0.330. The number of hydrogen-bond acceptors (Lipinski definition) is 5. The second kappa shape index (κ2) is 7.26. The molecule has 1 amide bonds. The van der Waals surface area contributed by atoms with Crippen molar-refractivity contribution >= 4 is 28.5 Å². The van der Waals surface area contributed by atoms with Crippen LogP contribution in [0.5, 0.6) is 11.5 Å². The molecule has 1 aliphatic heterocycles. The highest BCUT2D eigenvalue weighted by Crippen LogP contribution is 2.31. The maximum atomic E-state index is 12.5. The summed E-state index contributed by atoms with van der Waals surface area (Å²) < 4.78 is 15.8. The minimum absolute atomic E-state index is 0.242. The Morgan fingerprint density at radius 2 is 1.93 bits per heavy atom. The average molecular weight is 380 g/mol. The summed E-state index contributed by atoms with van der Waals surface area (Å²) in [4.78, 5) is 29.6. The molecule has 144 valence electrons. The Hall–Kier alpha value is -3.48. The fourth-order valence-corrected chi connectivity index (χ4v) is 3.45. The van der Waals surface area contributed by atoms with Crippen LogP contribution in [0.25, 0.3) is 10.9 Å². The third-order valence-electron chi connectivity index (χ3n) is 4.86. The number of fused-ring (bicyclic) bond motifs is 2. The van der Waals surface area contributed by atoms with E-state index in [1.165, 1.54) is 0 Å². The van der Waals surface area contributed by atoms with E-state index in [-0.39, 0.29) is 18.2 Å². The van der Waals surface area contributed by atoms with Crippen LogP contribution in [0.4, 0.5) is 5.69 Å². The highest BCUT2D eigenvalue weighted by atomic mass is 16.5. The van der Waals surface area contributed by atoms with Gasteiger partial charge in [0.05, 0.1) is 19.7 Å². The first-order chi connectivity index (χ1) is 13.6. The number of amides is 1. The minimum Gasteiger partial charge on any atom is -0.497 e. The van der Waals surface area contributed by atoms with E-state index in [1.54, 1.807) is 37.3 Å². The van der Waals surface area contributed by atoms with E-state index < -0.39 is 5.97 Å². The second-order valence-corrected chi connectivity index (χ2v) is 6.48. The molecule has 7 heteroatoms. The quantitative estimate of drug-likeness (QED) is 0.689. The van der Waals surface area contributed by atoms with Crippen molar-refractivity contribution in [3.8, 4) is 11.5 Å². The summed E-state index contributed by atoms with van der Waals surface area (Å²) in [6.45, 7) is 0.280. The van der Waals surface area contributed by atoms with E-state index in [4.69, 9.17) is 14.2 Å². The van der Waals surface area contributed by atoms with Crippen molar-refractivity contribution in [1.82, 2.24) is 4.98 Å². The van der Waals surface area contributed by atoms with Crippen LogP contribution < -0.4 is 14.4 Å². The smallest absolute Gasteiger partial charge is 0.355 e. The average Bonchev–Trinajstić information content (AvgIpc) is 3.35. The fraction of sp³-hybridized carbons (Fsp3) is 0.238. The molecule has 0 fully saturated rings. The number of rotatable bonds is 5. The molecular weight excluding hydrogens is 360 g/mol. The van der Waals surface area contributed by atoms with Crippen molar-refractivity contribution in [1.29, 1.82) is 0 Å². The Morgan fingerprint density at radius 1 is 1.11 bits per heavy atom. The van der Waals surface area contributed by atoms with Gasteiger partial charge in [-0.05, 0) is 30.2 Å². The zero-order valence-corrected chi connectivity index (χ0v) is 15.7. The predicted octanol–water partition coefficient (Wildman–Crippen LogP) is 2.93. The maximum absolute atomic E-state index is 12.5. The maximum Gasteiger partial charge on any atom is 0.355 e. The molecule has 1 aliphatic rings. The number of carbonyl (C=O) groups is 2. The standard InChI is InChI=1S/C21H20N2O5/c1-26-15-9-14-10-16(22-20(14)18(11-15)27-2)21(25)28-12-19(24)23-8-7-13-5-3-4-6-17(13)23/h3-6,9-11,22H,7-8,12H2,1-2H3. The van der Waals surface area contributed by atoms with E-state index >= 15 is 0 Å². The van der Waals surface area contributed by atoms with Crippen LogP contribution in [0, 0.1) is 0 Å². The van der Waals surface area contributed by atoms with Gasteiger partial charge >= 0.3 is 5.97 Å². The van der Waals surface area contributed by atoms with Gasteiger partial charge in [-0.2, -0.15) is 0 Å². The van der Waals surface area contributed by atoms with Gasteiger partial charge in [0.25, 0.3) is 5.91 Å². The monoisotopic (exact) mass is 380 g/mol. The van der Waals surface area contributed by atoms with Crippen LogP contribution in [-0.4, -0.2) is 44.2 Å². The largest absolute Gasteiger partial charge is 0.497 e. The molecule has 3 aromatic rings. The van der Waals surface area contributed by atoms with Gasteiger partial charge < -0.3 is 24.1 Å². The number of methoxy groups -OCH3 is 2. The van der Waals surface area contributed by atoms with Gasteiger partial charge in [-0.3, -0.25) is 4.79 Å². The fourth-order valence-electron chi connectivity index (χ4n) is 3.45. The molecule has 0 aliphatic carbocycles. The van der Waals surface area contributed by atoms with Crippen LogP contribution in [0.2, 0.25) is 0 Å². The van der Waals surface area contributed by atoms with Gasteiger partial charge in [0.2, 0.25) is 0 Å². The van der Waals surface area contributed by atoms with Gasteiger partial charge in [0, 0.05) is 23.7 Å². The molecule has 0 saturated carbocycles. The summed E-state index contributed by atoms with van der Waals surface area (Å²) in [6.07, 6.45) is 0.805. The third-order valence-corrected chi connectivity index (χ3v) is 4.86. The van der Waals surface area contributed by atoms with Gasteiger partial charge in [0.15, 0.2) is 6.61 Å². The summed E-state index contributed by atoms with van der Waals surface area (Å²) in [7, 11) is 3.10. The molecule has 0 atom stereocenters. The summed E-state index contributed by atoms with van der Waals surface area (Å²) in [5.41, 5.74) is 2.91. The number of para-hydroxylation sites is 1. The van der Waals surface area contributed by atoms with Crippen molar-refractivity contribution in [2.45, 2.75) is 6.42 Å². The number of H-pyrrole nitrogens is 1. The zero-order chi connectivity index (χ0) is 19.7. The molecule has 1 N–H and O–H groups in total. The first-order valence-corrected chi connectivity index (χ1v) is 8.91. The Balaban J connectivity index is 1.48. The van der Waals surface area contributed by atoms with Crippen molar-refractivity contribution in [2.24, 2.45) is 0 Å². The van der Waals surface area contributed by atoms with Crippen LogP contribution in [0.15, 0.2) is 42.5 Å². The number of carbonyl (C=O) groups excluding carboxylic acids is 2. The van der Waals surface area contributed by atoms with E-state index in [2.05, 4.69) is 4.98 Å². The molecule has 7 nitrogen and oxygen atoms in total. The molecule has 4 rings (SSSR count). The van der Waals surface area contributed by atoms with E-state index in [0.29, 0.717) is 23.6 Å². The lowest BCUT2D eigenvalue weighted by atomic mass is 10.2. The van der Waals surface area contributed by atoms with Crippen LogP contribution in [-0.2, 0) is 16.0 Å². The number of aromatic nitrogens is 1. The molecule has 2 heterocycles. The third kappa shape index (κ3) is 3.15. The molecule has 0 spiro atoms. The number of hydrogen-bond donors (Lipinski definition) is 1. The van der Waals surface area contributed by atoms with Gasteiger partial charge in [-0.25, -0.2) is 4.79 Å². The molecule has 0 radical (unpaired) electrons. The van der Waals surface area contributed by atoms with E-state index in [0.717, 1.165) is 23.1 Å². The molecule has 28 heavy (non-hydrogen) atoms. The van der Waals surface area contributed by atoms with E-state index in [9.17, 15) is 9.59 Å². The Kier molecular flexibility index (Phi) is 4.65. The first-order valence-electron chi connectivity index (χ1n) is 8.91. The second-order valence-electron chi connectivity index (χ2n) is 6.48. The first kappa shape index (κ1) is 17.9. The van der Waals surface area contributed by atoms with Gasteiger partial charge in [0.1, 0.15) is 17.2 Å². The number of ether oxygens (including phenoxy) is 3. The van der Waals surface area contributed by atoms with E-state index in [1.807, 2.05) is 24.3 Å². The van der Waals surface area contributed by atoms with Crippen molar-refractivity contribution in [2.75, 3.05) is 32.3 Å². The predicted molar refractivity (Wildman–Crippen MR) is 104 cm³/mol. The van der Waals surface area contributed by atoms with Crippen LogP contribution in [0.3, 0.4) is 0 Å². The molecular formula is C21H20N2O5. The molecule has 0 saturated heterocycles. The van der Waals surface area contributed by atoms with Crippen molar-refractivity contribution in [3.05, 3.63) is 53.7 Å². The Labute approximate surface area is 161 Å². The number of benzene rings is 2. The van der Waals surface area contributed by atoms with Crippen LogP contribution >= 0.6 is 0 Å². The van der Waals surface area contributed by atoms with Crippen molar-refractivity contribution < 1.29 is 23.8 Å². The number of anilines is 1. The number of nitrogens with one attached hydrogen (secondary N) is 1. The van der Waals surface area contributed by atoms with Crippen molar-refractivity contribution in [3.63, 3.8) is 0 Å². The lowest BCUT2D eigenvalue weighted by Crippen LogP contribution is -2.33. The van der Waals surface area contributed by atoms with Gasteiger partial charge in [-0.1, -0.05) is 18.2 Å². The Bertz CT molecular complexity index is 1060. The number of nitrogens with zero attached hydrogens (tertiary/aromatic N) is 1. The van der Waals surface area contributed by atoms with Crippen LogP contribution in [0.1, 0.15) is 16.1 Å². The summed E-state index contributed by atoms with van der Waals surface area (Å²) >= 11 is 0. The highest BCUT2D eigenvalue weighted by molar-refractivity contribution is 6.00. The minimum atomic E-state index is -0.599. The molecule has 1 aromatic heterocycles. The van der Waals surface area contributed by atoms with Gasteiger partial charge in [-0.15, -0.1) is 0 Å². The molecule has 0 unspecified atom stereocenters. The SMILES string of the molecule is COc1cc(OC)c2[nH]c(C(=O)OCC(=O)N3CCc4ccccc43)cc2c1.